The highest BCUT2D eigenvalue weighted by Crippen LogP contribution is 2.34. The zero-order valence-electron chi connectivity index (χ0n) is 21.4. The van der Waals surface area contributed by atoms with Gasteiger partial charge in [-0.3, -0.25) is 14.6 Å². The molecule has 9 heteroatoms. The first-order valence-electron chi connectivity index (χ1n) is 12.3. The highest BCUT2D eigenvalue weighted by Gasteiger charge is 2.23. The van der Waals surface area contributed by atoms with Crippen LogP contribution in [0, 0.1) is 0 Å². The molecule has 0 radical (unpaired) electrons. The summed E-state index contributed by atoms with van der Waals surface area (Å²) in [6.45, 7) is 1.01. The van der Waals surface area contributed by atoms with E-state index in [9.17, 15) is 9.59 Å². The van der Waals surface area contributed by atoms with Crippen molar-refractivity contribution in [3.8, 4) is 22.8 Å². The van der Waals surface area contributed by atoms with Crippen LogP contribution in [0.15, 0.2) is 83.5 Å². The fourth-order valence-electron chi connectivity index (χ4n) is 3.93. The monoisotopic (exact) mass is 514 g/mol. The summed E-state index contributed by atoms with van der Waals surface area (Å²) in [6.07, 6.45) is 2.51. The van der Waals surface area contributed by atoms with E-state index in [1.165, 1.54) is 0 Å². The molecule has 9 nitrogen and oxygen atoms in total. The fraction of sp³-hybridized carbons (Fsp3) is 0.241. The van der Waals surface area contributed by atoms with Crippen LogP contribution in [0.3, 0.4) is 0 Å². The maximum atomic E-state index is 13.5. The summed E-state index contributed by atoms with van der Waals surface area (Å²) < 4.78 is 16.3. The Balaban J connectivity index is 1.45. The molecule has 4 aromatic rings. The summed E-state index contributed by atoms with van der Waals surface area (Å²) in [5, 5.41) is 6.93. The second-order valence-electron chi connectivity index (χ2n) is 8.53. The number of hydrogen-bond acceptors (Lipinski definition) is 7. The van der Waals surface area contributed by atoms with Gasteiger partial charge in [-0.05, 0) is 35.9 Å². The Labute approximate surface area is 221 Å². The Morgan fingerprint density at radius 3 is 2.53 bits per heavy atom. The number of aromatic nitrogens is 2. The van der Waals surface area contributed by atoms with Crippen LogP contribution in [0.1, 0.15) is 28.2 Å². The van der Waals surface area contributed by atoms with Gasteiger partial charge in [-0.15, -0.1) is 0 Å². The molecule has 0 atom stereocenters. The second-order valence-corrected chi connectivity index (χ2v) is 8.53. The van der Waals surface area contributed by atoms with Crippen molar-refractivity contribution < 1.29 is 23.6 Å². The minimum absolute atomic E-state index is 0.136. The third-order valence-corrected chi connectivity index (χ3v) is 5.94. The average Bonchev–Trinajstić information content (AvgIpc) is 3.46. The van der Waals surface area contributed by atoms with Crippen molar-refractivity contribution in [2.75, 3.05) is 27.3 Å². The molecular weight excluding hydrogens is 484 g/mol. The normalized spacial score (nSPS) is 10.6. The zero-order chi connectivity index (χ0) is 26.7. The zero-order valence-corrected chi connectivity index (χ0v) is 21.4. The number of benzene rings is 2. The summed E-state index contributed by atoms with van der Waals surface area (Å²) >= 11 is 0. The van der Waals surface area contributed by atoms with Crippen molar-refractivity contribution >= 4 is 11.8 Å². The topological polar surface area (TPSA) is 107 Å². The van der Waals surface area contributed by atoms with Crippen molar-refractivity contribution in [2.24, 2.45) is 0 Å². The van der Waals surface area contributed by atoms with E-state index in [0.717, 1.165) is 11.3 Å². The number of hydrogen-bond donors (Lipinski definition) is 1. The van der Waals surface area contributed by atoms with Gasteiger partial charge in [0, 0.05) is 50.4 Å². The standard InChI is InChI=1S/C29H30N4O5/c1-36-23-11-12-26(37-2)24(18-23)27-19-25(32-38-27)29(35)33(20-21-8-4-3-5-9-21)17-14-28(34)31-16-13-22-10-6-7-15-30-22/h3-12,15,18-19H,13-14,16-17,20H2,1-2H3,(H,31,34). The molecule has 0 bridgehead atoms. The van der Waals surface area contributed by atoms with Gasteiger partial charge in [-0.25, -0.2) is 0 Å². The smallest absolute Gasteiger partial charge is 0.276 e. The van der Waals surface area contributed by atoms with Crippen LogP contribution in [-0.4, -0.2) is 54.2 Å². The molecule has 38 heavy (non-hydrogen) atoms. The lowest BCUT2D eigenvalue weighted by molar-refractivity contribution is -0.121. The third-order valence-electron chi connectivity index (χ3n) is 5.94. The van der Waals surface area contributed by atoms with Gasteiger partial charge >= 0.3 is 0 Å². The molecule has 0 saturated heterocycles. The molecule has 196 valence electrons. The van der Waals surface area contributed by atoms with Gasteiger partial charge in [0.15, 0.2) is 11.5 Å². The Hall–Kier alpha value is -4.66. The van der Waals surface area contributed by atoms with Crippen molar-refractivity contribution in [3.05, 3.63) is 95.9 Å². The first-order chi connectivity index (χ1) is 18.6. The summed E-state index contributed by atoms with van der Waals surface area (Å²) in [4.78, 5) is 31.9. The predicted molar refractivity (Wildman–Crippen MR) is 142 cm³/mol. The lowest BCUT2D eigenvalue weighted by Crippen LogP contribution is -2.35. The molecule has 0 spiro atoms. The summed E-state index contributed by atoms with van der Waals surface area (Å²) in [6, 6.07) is 22.1. The van der Waals surface area contributed by atoms with Crippen LogP contribution >= 0.6 is 0 Å². The first kappa shape index (κ1) is 26.4. The maximum Gasteiger partial charge on any atom is 0.276 e. The second kappa shape index (κ2) is 13.0. The van der Waals surface area contributed by atoms with Crippen molar-refractivity contribution in [2.45, 2.75) is 19.4 Å². The number of carbonyl (C=O) groups is 2. The van der Waals surface area contributed by atoms with E-state index in [2.05, 4.69) is 15.5 Å². The molecule has 4 rings (SSSR count). The van der Waals surface area contributed by atoms with Gasteiger partial charge in [-0.2, -0.15) is 0 Å². The van der Waals surface area contributed by atoms with E-state index in [1.807, 2.05) is 48.5 Å². The fourth-order valence-corrected chi connectivity index (χ4v) is 3.93. The van der Waals surface area contributed by atoms with Gasteiger partial charge in [0.05, 0.1) is 19.8 Å². The van der Waals surface area contributed by atoms with Crippen molar-refractivity contribution in [1.29, 1.82) is 0 Å². The van der Waals surface area contributed by atoms with Crippen molar-refractivity contribution in [1.82, 2.24) is 20.4 Å². The van der Waals surface area contributed by atoms with Crippen LogP contribution < -0.4 is 14.8 Å². The van der Waals surface area contributed by atoms with Crippen molar-refractivity contribution in [3.63, 3.8) is 0 Å². The largest absolute Gasteiger partial charge is 0.497 e. The molecule has 0 aliphatic carbocycles. The number of ether oxygens (including phenoxy) is 2. The van der Waals surface area contributed by atoms with Gasteiger partial charge in [-0.1, -0.05) is 41.6 Å². The van der Waals surface area contributed by atoms with Crippen LogP contribution in [-0.2, 0) is 17.8 Å². The summed E-state index contributed by atoms with van der Waals surface area (Å²) in [7, 11) is 3.12. The Morgan fingerprint density at radius 2 is 1.79 bits per heavy atom. The molecule has 0 aliphatic rings. The molecule has 1 N–H and O–H groups in total. The van der Waals surface area contributed by atoms with Crippen LogP contribution in [0.25, 0.3) is 11.3 Å². The number of nitrogens with one attached hydrogen (secondary N) is 1. The average molecular weight is 515 g/mol. The number of amides is 2. The van der Waals surface area contributed by atoms with Gasteiger partial charge < -0.3 is 24.2 Å². The summed E-state index contributed by atoms with van der Waals surface area (Å²) in [5.41, 5.74) is 2.59. The highest BCUT2D eigenvalue weighted by atomic mass is 16.5. The van der Waals surface area contributed by atoms with E-state index in [4.69, 9.17) is 14.0 Å². The van der Waals surface area contributed by atoms with E-state index < -0.39 is 0 Å². The quantitative estimate of drug-likeness (QED) is 0.303. The van der Waals surface area contributed by atoms with E-state index in [1.54, 1.807) is 49.6 Å². The first-order valence-corrected chi connectivity index (χ1v) is 12.3. The molecule has 2 heterocycles. The van der Waals surface area contributed by atoms with Crippen LogP contribution in [0.5, 0.6) is 11.5 Å². The maximum absolute atomic E-state index is 13.5. The molecule has 0 unspecified atom stereocenters. The Kier molecular flexibility index (Phi) is 9.07. The number of rotatable bonds is 12. The lowest BCUT2D eigenvalue weighted by atomic mass is 10.1. The molecule has 2 aromatic carbocycles. The van der Waals surface area contributed by atoms with Gasteiger partial charge in [0.2, 0.25) is 5.91 Å². The van der Waals surface area contributed by atoms with E-state index in [-0.39, 0.29) is 30.5 Å². The number of methoxy groups -OCH3 is 2. The van der Waals surface area contributed by atoms with Crippen LogP contribution in [0.4, 0.5) is 0 Å². The molecule has 0 fully saturated rings. The SMILES string of the molecule is COc1ccc(OC)c(-c2cc(C(=O)N(CCC(=O)NCCc3ccccn3)Cc3ccccc3)no2)c1. The molecule has 0 saturated carbocycles. The number of carbonyl (C=O) groups excluding carboxylic acids is 2. The van der Waals surface area contributed by atoms with Crippen LogP contribution in [0.2, 0.25) is 0 Å². The number of nitrogens with zero attached hydrogens (tertiary/aromatic N) is 3. The lowest BCUT2D eigenvalue weighted by Gasteiger charge is -2.21. The minimum Gasteiger partial charge on any atom is -0.497 e. The third kappa shape index (κ3) is 6.97. The minimum atomic E-state index is -0.341. The summed E-state index contributed by atoms with van der Waals surface area (Å²) in [5.74, 6) is 1.06. The molecule has 2 amide bonds. The van der Waals surface area contributed by atoms with Gasteiger partial charge in [0.25, 0.3) is 5.91 Å². The predicted octanol–water partition coefficient (Wildman–Crippen LogP) is 4.15. The molecule has 0 aliphatic heterocycles. The number of pyridine rings is 1. The Morgan fingerprint density at radius 1 is 0.974 bits per heavy atom. The molecular formula is C29H30N4O5. The highest BCUT2D eigenvalue weighted by molar-refractivity contribution is 5.93. The van der Waals surface area contributed by atoms with Gasteiger partial charge in [0.1, 0.15) is 11.5 Å². The Bertz CT molecular complexity index is 1340. The molecule has 2 aromatic heterocycles. The van der Waals surface area contributed by atoms with E-state index in [0.29, 0.717) is 42.3 Å². The van der Waals surface area contributed by atoms with E-state index >= 15 is 0 Å².